The summed E-state index contributed by atoms with van der Waals surface area (Å²) < 4.78 is 5.11. The van der Waals surface area contributed by atoms with Crippen molar-refractivity contribution >= 4 is 11.9 Å². The van der Waals surface area contributed by atoms with Crippen molar-refractivity contribution < 1.29 is 19.4 Å². The lowest BCUT2D eigenvalue weighted by molar-refractivity contribution is -0.139. The molecule has 2 rings (SSSR count). The maximum Gasteiger partial charge on any atom is 0.341 e. The Balaban J connectivity index is 2.06. The first-order chi connectivity index (χ1) is 9.93. The molecule has 5 heteroatoms. The summed E-state index contributed by atoms with van der Waals surface area (Å²) in [6.45, 7) is 5.47. The number of hydrogen-bond acceptors (Lipinski definition) is 3. The average Bonchev–Trinajstić information content (AvgIpc) is 2.88. The summed E-state index contributed by atoms with van der Waals surface area (Å²) in [5, 5.41) is 8.61. The molecule has 1 heterocycles. The number of carboxylic acids is 1. The van der Waals surface area contributed by atoms with Crippen LogP contribution in [0.3, 0.4) is 0 Å². The Kier molecular flexibility index (Phi) is 4.50. The van der Waals surface area contributed by atoms with E-state index in [0.717, 1.165) is 25.9 Å². The van der Waals surface area contributed by atoms with Gasteiger partial charge in [0.1, 0.15) is 5.75 Å². The lowest BCUT2D eigenvalue weighted by Gasteiger charge is -2.22. The minimum absolute atomic E-state index is 0.0204. The number of aliphatic carboxylic acids is 1. The highest BCUT2D eigenvalue weighted by atomic mass is 16.5. The van der Waals surface area contributed by atoms with Gasteiger partial charge in [-0.25, -0.2) is 4.79 Å². The predicted molar refractivity (Wildman–Crippen MR) is 78.5 cm³/mol. The maximum atomic E-state index is 12.5. The second-order valence-electron chi connectivity index (χ2n) is 5.85. The lowest BCUT2D eigenvalue weighted by atomic mass is 9.87. The first-order valence-electron chi connectivity index (χ1n) is 7.17. The monoisotopic (exact) mass is 291 g/mol. The number of carboxylic acid groups (broad SMARTS) is 1. The summed E-state index contributed by atoms with van der Waals surface area (Å²) in [5.41, 5.74) is 0.742. The number of nitrogens with zero attached hydrogens (tertiary/aromatic N) is 1. The van der Waals surface area contributed by atoms with E-state index in [9.17, 15) is 9.59 Å². The minimum Gasteiger partial charge on any atom is -0.482 e. The summed E-state index contributed by atoms with van der Waals surface area (Å²) in [7, 11) is 0. The number of carbonyl (C=O) groups is 2. The van der Waals surface area contributed by atoms with Gasteiger partial charge in [0.15, 0.2) is 6.61 Å². The van der Waals surface area contributed by atoms with Gasteiger partial charge < -0.3 is 14.7 Å². The van der Waals surface area contributed by atoms with Crippen molar-refractivity contribution in [3.05, 3.63) is 29.8 Å². The molecule has 5 nitrogen and oxygen atoms in total. The molecule has 1 aliphatic heterocycles. The van der Waals surface area contributed by atoms with E-state index >= 15 is 0 Å². The fourth-order valence-electron chi connectivity index (χ4n) is 2.53. The zero-order valence-electron chi connectivity index (χ0n) is 12.5. The molecular formula is C16H21NO4. The molecule has 1 aliphatic rings. The molecule has 1 atom stereocenters. The highest BCUT2D eigenvalue weighted by Crippen LogP contribution is 2.33. The molecule has 1 saturated heterocycles. The number of hydrogen-bond donors (Lipinski definition) is 1. The molecule has 1 aromatic rings. The van der Waals surface area contributed by atoms with Gasteiger partial charge in [-0.1, -0.05) is 19.9 Å². The Labute approximate surface area is 124 Å². The molecule has 114 valence electrons. The van der Waals surface area contributed by atoms with Crippen molar-refractivity contribution in [3.8, 4) is 5.75 Å². The van der Waals surface area contributed by atoms with E-state index in [1.54, 1.807) is 24.3 Å². The van der Waals surface area contributed by atoms with E-state index in [0.29, 0.717) is 11.3 Å². The fourth-order valence-corrected chi connectivity index (χ4v) is 2.53. The largest absolute Gasteiger partial charge is 0.482 e. The van der Waals surface area contributed by atoms with Gasteiger partial charge >= 0.3 is 5.97 Å². The van der Waals surface area contributed by atoms with Crippen LogP contribution in [0.5, 0.6) is 5.75 Å². The van der Waals surface area contributed by atoms with Gasteiger partial charge in [-0.05, 0) is 36.5 Å². The van der Waals surface area contributed by atoms with Crippen LogP contribution < -0.4 is 4.74 Å². The number of ether oxygens (including phenoxy) is 1. The van der Waals surface area contributed by atoms with Crippen LogP contribution in [0.1, 0.15) is 37.0 Å². The number of benzene rings is 1. The first-order valence-corrected chi connectivity index (χ1v) is 7.17. The summed E-state index contributed by atoms with van der Waals surface area (Å²) in [5.74, 6) is -0.654. The van der Waals surface area contributed by atoms with Crippen LogP contribution in [-0.2, 0) is 4.79 Å². The molecule has 1 aromatic carbocycles. The Morgan fingerprint density at radius 3 is 2.81 bits per heavy atom. The summed E-state index contributed by atoms with van der Waals surface area (Å²) in [6.07, 6.45) is 2.07. The second kappa shape index (κ2) is 6.16. The van der Waals surface area contributed by atoms with E-state index in [4.69, 9.17) is 9.84 Å². The minimum atomic E-state index is -1.04. The highest BCUT2D eigenvalue weighted by molar-refractivity contribution is 5.94. The molecule has 1 N–H and O–H groups in total. The Morgan fingerprint density at radius 1 is 1.43 bits per heavy atom. The molecular weight excluding hydrogens is 270 g/mol. The van der Waals surface area contributed by atoms with Crippen molar-refractivity contribution in [1.82, 2.24) is 4.90 Å². The van der Waals surface area contributed by atoms with Crippen molar-refractivity contribution in [2.75, 3.05) is 19.7 Å². The van der Waals surface area contributed by atoms with Crippen LogP contribution in [0.15, 0.2) is 24.3 Å². The zero-order valence-corrected chi connectivity index (χ0v) is 12.5. The quantitative estimate of drug-likeness (QED) is 0.904. The van der Waals surface area contributed by atoms with E-state index in [1.165, 1.54) is 0 Å². The van der Waals surface area contributed by atoms with Crippen LogP contribution >= 0.6 is 0 Å². The van der Waals surface area contributed by atoms with Crippen molar-refractivity contribution in [2.45, 2.75) is 26.7 Å². The van der Waals surface area contributed by atoms with Crippen molar-refractivity contribution in [1.29, 1.82) is 0 Å². The molecule has 0 radical (unpaired) electrons. The van der Waals surface area contributed by atoms with Gasteiger partial charge in [0, 0.05) is 18.7 Å². The van der Waals surface area contributed by atoms with Crippen LogP contribution in [-0.4, -0.2) is 41.6 Å². The normalized spacial score (nSPS) is 21.3. The van der Waals surface area contributed by atoms with Crippen LogP contribution in [0, 0.1) is 5.41 Å². The molecule has 1 fully saturated rings. The van der Waals surface area contributed by atoms with E-state index in [-0.39, 0.29) is 11.3 Å². The summed E-state index contributed by atoms with van der Waals surface area (Å²) in [6, 6.07) is 6.70. The van der Waals surface area contributed by atoms with Gasteiger partial charge in [0.2, 0.25) is 0 Å². The smallest absolute Gasteiger partial charge is 0.341 e. The Morgan fingerprint density at radius 2 is 2.19 bits per heavy atom. The molecule has 21 heavy (non-hydrogen) atoms. The van der Waals surface area contributed by atoms with Gasteiger partial charge in [-0.2, -0.15) is 0 Å². The number of amides is 1. The summed E-state index contributed by atoms with van der Waals surface area (Å²) in [4.78, 5) is 24.9. The SMILES string of the molecule is CCC1(C)CCN(C(=O)c2cccc(OCC(=O)O)c2)C1. The second-order valence-corrected chi connectivity index (χ2v) is 5.85. The number of carbonyl (C=O) groups excluding carboxylic acids is 1. The Hall–Kier alpha value is -2.04. The number of rotatable bonds is 5. The highest BCUT2D eigenvalue weighted by Gasteiger charge is 2.34. The molecule has 0 spiro atoms. The lowest BCUT2D eigenvalue weighted by Crippen LogP contribution is -2.30. The maximum absolute atomic E-state index is 12.5. The van der Waals surface area contributed by atoms with Gasteiger partial charge in [-0.15, -0.1) is 0 Å². The van der Waals surface area contributed by atoms with E-state index in [1.807, 2.05) is 4.90 Å². The van der Waals surface area contributed by atoms with E-state index in [2.05, 4.69) is 13.8 Å². The van der Waals surface area contributed by atoms with Gasteiger partial charge in [0.25, 0.3) is 5.91 Å². The van der Waals surface area contributed by atoms with Crippen molar-refractivity contribution in [2.24, 2.45) is 5.41 Å². The van der Waals surface area contributed by atoms with E-state index < -0.39 is 12.6 Å². The molecule has 0 aliphatic carbocycles. The predicted octanol–water partition coefficient (Wildman–Crippen LogP) is 2.41. The van der Waals surface area contributed by atoms with Crippen LogP contribution in [0.25, 0.3) is 0 Å². The van der Waals surface area contributed by atoms with Gasteiger partial charge in [0.05, 0.1) is 0 Å². The number of likely N-dealkylation sites (tertiary alicyclic amines) is 1. The average molecular weight is 291 g/mol. The topological polar surface area (TPSA) is 66.8 Å². The molecule has 1 unspecified atom stereocenters. The molecule has 0 aromatic heterocycles. The third-order valence-electron chi connectivity index (χ3n) is 4.14. The zero-order chi connectivity index (χ0) is 15.5. The first kappa shape index (κ1) is 15.4. The fraction of sp³-hybridized carbons (Fsp3) is 0.500. The molecule has 1 amide bonds. The third-order valence-corrected chi connectivity index (χ3v) is 4.14. The van der Waals surface area contributed by atoms with Crippen LogP contribution in [0.2, 0.25) is 0 Å². The van der Waals surface area contributed by atoms with Crippen molar-refractivity contribution in [3.63, 3.8) is 0 Å². The van der Waals surface area contributed by atoms with Crippen LogP contribution in [0.4, 0.5) is 0 Å². The summed E-state index contributed by atoms with van der Waals surface area (Å²) >= 11 is 0. The molecule has 0 bridgehead atoms. The van der Waals surface area contributed by atoms with Gasteiger partial charge in [-0.3, -0.25) is 4.79 Å². The Bertz CT molecular complexity index is 543. The standard InChI is InChI=1S/C16H21NO4/c1-3-16(2)7-8-17(11-16)15(20)12-5-4-6-13(9-12)21-10-14(18)19/h4-6,9H,3,7-8,10-11H2,1-2H3,(H,18,19). The molecule has 0 saturated carbocycles. The third kappa shape index (κ3) is 3.74.